The van der Waals surface area contributed by atoms with E-state index in [4.69, 9.17) is 4.74 Å². The molecular formula is C26H32FN3O2. The number of methoxy groups -OCH3 is 1. The SMILES string of the molecule is COc1cccc2c(C(C)=O)cn(CCCN3CCCN(Cc4ccc(F)cc4)CC3)c12. The van der Waals surface area contributed by atoms with E-state index in [0.717, 1.165) is 86.4 Å². The van der Waals surface area contributed by atoms with Crippen LogP contribution in [0.1, 0.15) is 35.7 Å². The minimum atomic E-state index is -0.181. The number of hydrogen-bond donors (Lipinski definition) is 0. The zero-order chi connectivity index (χ0) is 22.5. The van der Waals surface area contributed by atoms with Crippen molar-refractivity contribution in [3.05, 3.63) is 65.6 Å². The van der Waals surface area contributed by atoms with Crippen molar-refractivity contribution in [3.63, 3.8) is 0 Å². The van der Waals surface area contributed by atoms with Crippen molar-refractivity contribution in [3.8, 4) is 5.75 Å². The van der Waals surface area contributed by atoms with Crippen LogP contribution in [0, 0.1) is 5.82 Å². The van der Waals surface area contributed by atoms with Gasteiger partial charge in [-0.15, -0.1) is 0 Å². The summed E-state index contributed by atoms with van der Waals surface area (Å²) in [7, 11) is 1.68. The first-order valence-corrected chi connectivity index (χ1v) is 11.4. The molecule has 0 atom stereocenters. The second-order valence-corrected chi connectivity index (χ2v) is 8.60. The van der Waals surface area contributed by atoms with Crippen LogP contribution < -0.4 is 4.74 Å². The van der Waals surface area contributed by atoms with Crippen LogP contribution in [0.15, 0.2) is 48.7 Å². The molecule has 1 fully saturated rings. The molecule has 32 heavy (non-hydrogen) atoms. The molecule has 1 saturated heterocycles. The number of ether oxygens (including phenoxy) is 1. The highest BCUT2D eigenvalue weighted by atomic mass is 19.1. The van der Waals surface area contributed by atoms with E-state index < -0.39 is 0 Å². The van der Waals surface area contributed by atoms with Gasteiger partial charge >= 0.3 is 0 Å². The lowest BCUT2D eigenvalue weighted by Crippen LogP contribution is -2.31. The number of rotatable bonds is 8. The Bertz CT molecular complexity index is 1060. The number of aromatic nitrogens is 1. The quantitative estimate of drug-likeness (QED) is 0.483. The number of hydrogen-bond acceptors (Lipinski definition) is 4. The van der Waals surface area contributed by atoms with Crippen LogP contribution in [0.2, 0.25) is 0 Å². The molecule has 5 nitrogen and oxygen atoms in total. The Morgan fingerprint density at radius 1 is 1.00 bits per heavy atom. The standard InChI is InChI=1S/C26H32FN3O2/c1-20(31)24-19-30(26-23(24)6-3-7-25(26)32-2)15-5-13-28-12-4-14-29(17-16-28)18-21-8-10-22(27)11-9-21/h3,6-11,19H,4-5,12-18H2,1-2H3. The smallest absolute Gasteiger partial charge is 0.161 e. The second-order valence-electron chi connectivity index (χ2n) is 8.60. The Kier molecular flexibility index (Phi) is 7.22. The van der Waals surface area contributed by atoms with E-state index in [9.17, 15) is 9.18 Å². The van der Waals surface area contributed by atoms with Crippen LogP contribution in [-0.4, -0.2) is 60.0 Å². The molecule has 2 heterocycles. The lowest BCUT2D eigenvalue weighted by Gasteiger charge is -2.22. The summed E-state index contributed by atoms with van der Waals surface area (Å²) in [5.41, 5.74) is 2.92. The molecule has 0 unspecified atom stereocenters. The number of carbonyl (C=O) groups excluding carboxylic acids is 1. The summed E-state index contributed by atoms with van der Waals surface area (Å²) < 4.78 is 20.9. The predicted molar refractivity (Wildman–Crippen MR) is 126 cm³/mol. The predicted octanol–water partition coefficient (Wildman–Crippen LogP) is 4.59. The van der Waals surface area contributed by atoms with E-state index in [-0.39, 0.29) is 11.6 Å². The maximum absolute atomic E-state index is 13.1. The molecule has 1 aromatic heterocycles. The van der Waals surface area contributed by atoms with Gasteiger partial charge in [-0.3, -0.25) is 9.69 Å². The monoisotopic (exact) mass is 437 g/mol. The van der Waals surface area contributed by atoms with Crippen molar-refractivity contribution < 1.29 is 13.9 Å². The molecule has 4 rings (SSSR count). The third kappa shape index (κ3) is 5.19. The Balaban J connectivity index is 1.34. The first-order chi connectivity index (χ1) is 15.5. The molecule has 1 aliphatic heterocycles. The van der Waals surface area contributed by atoms with E-state index in [0.29, 0.717) is 0 Å². The maximum atomic E-state index is 13.1. The molecule has 0 radical (unpaired) electrons. The summed E-state index contributed by atoms with van der Waals surface area (Å²) in [5.74, 6) is 0.705. The summed E-state index contributed by atoms with van der Waals surface area (Å²) in [5, 5.41) is 0.961. The van der Waals surface area contributed by atoms with E-state index in [1.54, 1.807) is 14.0 Å². The molecule has 1 aliphatic rings. The summed E-state index contributed by atoms with van der Waals surface area (Å²) in [6, 6.07) is 12.7. The molecule has 0 amide bonds. The van der Waals surface area contributed by atoms with Crippen LogP contribution in [0.25, 0.3) is 10.9 Å². The van der Waals surface area contributed by atoms with E-state index in [1.807, 2.05) is 36.5 Å². The third-order valence-corrected chi connectivity index (χ3v) is 6.33. The largest absolute Gasteiger partial charge is 0.495 e. The van der Waals surface area contributed by atoms with Gasteiger partial charge in [-0.05, 0) is 63.2 Å². The molecular weight excluding hydrogens is 405 g/mol. The third-order valence-electron chi connectivity index (χ3n) is 6.33. The molecule has 2 aromatic carbocycles. The molecule has 6 heteroatoms. The van der Waals surface area contributed by atoms with Gasteiger partial charge < -0.3 is 14.2 Å². The van der Waals surface area contributed by atoms with Gasteiger partial charge in [0.1, 0.15) is 11.6 Å². The number of benzene rings is 2. The van der Waals surface area contributed by atoms with Gasteiger partial charge in [0.2, 0.25) is 0 Å². The maximum Gasteiger partial charge on any atom is 0.161 e. The average Bonchev–Trinajstić information content (AvgIpc) is 3.03. The highest BCUT2D eigenvalue weighted by Crippen LogP contribution is 2.30. The van der Waals surface area contributed by atoms with Crippen molar-refractivity contribution in [1.82, 2.24) is 14.4 Å². The van der Waals surface area contributed by atoms with Gasteiger partial charge in [0.15, 0.2) is 5.78 Å². The summed E-state index contributed by atoms with van der Waals surface area (Å²) in [4.78, 5) is 17.1. The zero-order valence-electron chi connectivity index (χ0n) is 19.0. The fourth-order valence-corrected chi connectivity index (χ4v) is 4.67. The fraction of sp³-hybridized carbons (Fsp3) is 0.423. The van der Waals surface area contributed by atoms with Gasteiger partial charge in [-0.1, -0.05) is 24.3 Å². The number of ketones is 1. The molecule has 0 saturated carbocycles. The number of para-hydroxylation sites is 1. The van der Waals surface area contributed by atoms with Crippen LogP contribution in [0.4, 0.5) is 4.39 Å². The van der Waals surface area contributed by atoms with Crippen molar-refractivity contribution in [1.29, 1.82) is 0 Å². The number of Topliss-reactive ketones (excluding diaryl/α,β-unsaturated/α-hetero) is 1. The highest BCUT2D eigenvalue weighted by Gasteiger charge is 2.17. The van der Waals surface area contributed by atoms with Gasteiger partial charge in [-0.25, -0.2) is 4.39 Å². The normalized spacial score (nSPS) is 15.7. The van der Waals surface area contributed by atoms with Crippen LogP contribution in [-0.2, 0) is 13.1 Å². The summed E-state index contributed by atoms with van der Waals surface area (Å²) >= 11 is 0. The lowest BCUT2D eigenvalue weighted by atomic mass is 10.1. The van der Waals surface area contributed by atoms with Crippen LogP contribution >= 0.6 is 0 Å². The molecule has 170 valence electrons. The lowest BCUT2D eigenvalue weighted by molar-refractivity contribution is 0.101. The van der Waals surface area contributed by atoms with Gasteiger partial charge in [0, 0.05) is 43.3 Å². The number of halogens is 1. The molecule has 0 aliphatic carbocycles. The van der Waals surface area contributed by atoms with Crippen molar-refractivity contribution in [2.75, 3.05) is 39.8 Å². The average molecular weight is 438 g/mol. The number of fused-ring (bicyclic) bond motifs is 1. The first-order valence-electron chi connectivity index (χ1n) is 11.4. The first kappa shape index (κ1) is 22.5. The van der Waals surface area contributed by atoms with Crippen molar-refractivity contribution in [2.24, 2.45) is 0 Å². The molecule has 0 bridgehead atoms. The van der Waals surface area contributed by atoms with E-state index in [2.05, 4.69) is 14.4 Å². The van der Waals surface area contributed by atoms with Crippen LogP contribution in [0.3, 0.4) is 0 Å². The van der Waals surface area contributed by atoms with E-state index in [1.165, 1.54) is 12.1 Å². The van der Waals surface area contributed by atoms with Crippen molar-refractivity contribution >= 4 is 16.7 Å². The molecule has 0 spiro atoms. The topological polar surface area (TPSA) is 37.7 Å². The fourth-order valence-electron chi connectivity index (χ4n) is 4.67. The highest BCUT2D eigenvalue weighted by molar-refractivity contribution is 6.08. The van der Waals surface area contributed by atoms with Gasteiger partial charge in [0.05, 0.1) is 12.6 Å². The summed E-state index contributed by atoms with van der Waals surface area (Å²) in [6.45, 7) is 8.57. The van der Waals surface area contributed by atoms with Crippen molar-refractivity contribution in [2.45, 2.75) is 32.9 Å². The molecule has 0 N–H and O–H groups in total. The van der Waals surface area contributed by atoms with E-state index >= 15 is 0 Å². The Hall–Kier alpha value is -2.70. The number of aryl methyl sites for hydroxylation is 1. The minimum absolute atomic E-state index is 0.0794. The number of carbonyl (C=O) groups is 1. The second kappa shape index (κ2) is 10.3. The Morgan fingerprint density at radius 3 is 2.50 bits per heavy atom. The van der Waals surface area contributed by atoms with Gasteiger partial charge in [-0.2, -0.15) is 0 Å². The number of nitrogens with zero attached hydrogens (tertiary/aromatic N) is 3. The Labute approximate surface area is 189 Å². The van der Waals surface area contributed by atoms with Crippen LogP contribution in [0.5, 0.6) is 5.75 Å². The van der Waals surface area contributed by atoms with Gasteiger partial charge in [0.25, 0.3) is 0 Å². The minimum Gasteiger partial charge on any atom is -0.495 e. The summed E-state index contributed by atoms with van der Waals surface area (Å²) in [6.07, 6.45) is 4.12. The Morgan fingerprint density at radius 2 is 1.75 bits per heavy atom. The zero-order valence-corrected chi connectivity index (χ0v) is 19.0. The molecule has 3 aromatic rings.